The van der Waals surface area contributed by atoms with Gasteiger partial charge in [0.2, 0.25) is 0 Å². The maximum absolute atomic E-state index is 9.82. The minimum Gasteiger partial charge on any atom is -0.394 e. The molecule has 2 unspecified atom stereocenters. The molecule has 4 nitrogen and oxygen atoms in total. The molecule has 1 aromatic rings. The van der Waals surface area contributed by atoms with E-state index in [2.05, 4.69) is 29.4 Å². The highest BCUT2D eigenvalue weighted by Crippen LogP contribution is 2.40. The average molecular weight is 334 g/mol. The third kappa shape index (κ3) is 4.34. The van der Waals surface area contributed by atoms with Gasteiger partial charge in [-0.2, -0.15) is 0 Å². The Labute approximate surface area is 133 Å². The van der Waals surface area contributed by atoms with Crippen LogP contribution in [0.4, 0.5) is 0 Å². The molecule has 0 aromatic carbocycles. The van der Waals surface area contributed by atoms with Gasteiger partial charge in [-0.05, 0) is 25.5 Å². The molecule has 114 valence electrons. The lowest BCUT2D eigenvalue weighted by Gasteiger charge is -2.41. The van der Waals surface area contributed by atoms with Crippen LogP contribution in [0.5, 0.6) is 0 Å². The molecule has 2 rings (SSSR count). The number of hydrogen-bond donors (Lipinski definition) is 2. The van der Waals surface area contributed by atoms with Crippen LogP contribution in [0.3, 0.4) is 0 Å². The number of aliphatic hydroxyl groups is 1. The Bertz CT molecular complexity index is 427. The van der Waals surface area contributed by atoms with Crippen molar-refractivity contribution in [2.24, 2.45) is 0 Å². The van der Waals surface area contributed by atoms with Gasteiger partial charge < -0.3 is 10.4 Å². The van der Waals surface area contributed by atoms with E-state index >= 15 is 0 Å². The van der Waals surface area contributed by atoms with Crippen molar-refractivity contribution in [3.8, 4) is 0 Å². The lowest BCUT2D eigenvalue weighted by atomic mass is 9.81. The van der Waals surface area contributed by atoms with E-state index in [1.165, 1.54) is 6.42 Å². The number of aromatic nitrogens is 2. The Kier molecular flexibility index (Phi) is 6.16. The summed E-state index contributed by atoms with van der Waals surface area (Å²) < 4.78 is 2.08. The van der Waals surface area contributed by atoms with Gasteiger partial charge in [-0.15, -0.1) is 10.2 Å². The van der Waals surface area contributed by atoms with Crippen molar-refractivity contribution in [1.29, 1.82) is 0 Å². The molecule has 0 aliphatic heterocycles. The standard InChI is InChI=1S/C13H23N3OS3/c1-9(2)14-13(8-17)6-4-5-10(7-13)19-12-16-15-11(18-3)20-12/h9-10,14,17H,4-8H2,1-3H3. The highest BCUT2D eigenvalue weighted by Gasteiger charge is 2.36. The zero-order valence-electron chi connectivity index (χ0n) is 12.3. The molecular formula is C13H23N3OS3. The molecule has 2 atom stereocenters. The van der Waals surface area contributed by atoms with Gasteiger partial charge in [-0.25, -0.2) is 0 Å². The van der Waals surface area contributed by atoms with Crippen molar-refractivity contribution < 1.29 is 5.11 Å². The van der Waals surface area contributed by atoms with Crippen molar-refractivity contribution in [3.63, 3.8) is 0 Å². The first-order valence-electron chi connectivity index (χ1n) is 6.99. The Morgan fingerprint density at radius 1 is 1.45 bits per heavy atom. The Balaban J connectivity index is 1.98. The number of nitrogens with one attached hydrogen (secondary N) is 1. The molecule has 1 aliphatic carbocycles. The first-order valence-corrected chi connectivity index (χ1v) is 9.92. The van der Waals surface area contributed by atoms with Gasteiger partial charge in [0.15, 0.2) is 8.68 Å². The summed E-state index contributed by atoms with van der Waals surface area (Å²) in [6.07, 6.45) is 6.44. The van der Waals surface area contributed by atoms with Crippen LogP contribution in [0.1, 0.15) is 39.5 Å². The molecule has 0 radical (unpaired) electrons. The summed E-state index contributed by atoms with van der Waals surface area (Å²) in [4.78, 5) is 0. The van der Waals surface area contributed by atoms with Crippen LogP contribution in [-0.4, -0.2) is 45.0 Å². The van der Waals surface area contributed by atoms with Crippen LogP contribution >= 0.6 is 34.9 Å². The molecule has 1 saturated carbocycles. The minimum absolute atomic E-state index is 0.114. The maximum atomic E-state index is 9.82. The monoisotopic (exact) mass is 333 g/mol. The number of nitrogens with zero attached hydrogens (tertiary/aromatic N) is 2. The van der Waals surface area contributed by atoms with Gasteiger partial charge in [0.05, 0.1) is 6.61 Å². The van der Waals surface area contributed by atoms with E-state index < -0.39 is 0 Å². The van der Waals surface area contributed by atoms with E-state index in [-0.39, 0.29) is 12.1 Å². The molecule has 1 heterocycles. The molecular weight excluding hydrogens is 310 g/mol. The summed E-state index contributed by atoms with van der Waals surface area (Å²) in [5.74, 6) is 0. The molecule has 0 bridgehead atoms. The minimum atomic E-state index is -0.114. The summed E-state index contributed by atoms with van der Waals surface area (Å²) >= 11 is 5.14. The Morgan fingerprint density at radius 3 is 2.80 bits per heavy atom. The smallest absolute Gasteiger partial charge is 0.175 e. The van der Waals surface area contributed by atoms with Gasteiger partial charge in [0, 0.05) is 16.8 Å². The number of thioether (sulfide) groups is 2. The number of aliphatic hydroxyl groups excluding tert-OH is 1. The second kappa shape index (κ2) is 7.45. The van der Waals surface area contributed by atoms with E-state index in [9.17, 15) is 5.11 Å². The molecule has 1 aromatic heterocycles. The predicted molar refractivity (Wildman–Crippen MR) is 87.9 cm³/mol. The van der Waals surface area contributed by atoms with E-state index in [1.54, 1.807) is 23.1 Å². The van der Waals surface area contributed by atoms with Crippen molar-refractivity contribution in [2.75, 3.05) is 12.9 Å². The Morgan fingerprint density at radius 2 is 2.20 bits per heavy atom. The van der Waals surface area contributed by atoms with Gasteiger partial charge in [0.1, 0.15) is 0 Å². The fourth-order valence-corrected chi connectivity index (χ4v) is 5.87. The molecule has 0 amide bonds. The van der Waals surface area contributed by atoms with Crippen molar-refractivity contribution >= 4 is 34.9 Å². The second-order valence-electron chi connectivity index (χ2n) is 5.61. The second-order valence-corrected chi connectivity index (χ2v) is 9.19. The van der Waals surface area contributed by atoms with Gasteiger partial charge >= 0.3 is 0 Å². The zero-order chi connectivity index (χ0) is 14.6. The van der Waals surface area contributed by atoms with E-state index in [0.29, 0.717) is 11.3 Å². The third-order valence-corrected chi connectivity index (χ3v) is 6.78. The third-order valence-electron chi connectivity index (χ3n) is 3.53. The summed E-state index contributed by atoms with van der Waals surface area (Å²) in [5, 5.41) is 22.3. The first kappa shape index (κ1) is 16.5. The van der Waals surface area contributed by atoms with Crippen LogP contribution in [0.2, 0.25) is 0 Å². The molecule has 0 saturated heterocycles. The van der Waals surface area contributed by atoms with Gasteiger partial charge in [-0.1, -0.05) is 55.1 Å². The summed E-state index contributed by atoms with van der Waals surface area (Å²) in [7, 11) is 0. The fourth-order valence-electron chi connectivity index (χ4n) is 2.81. The molecule has 1 fully saturated rings. The SMILES string of the molecule is CSc1nnc(SC2CCCC(CO)(NC(C)C)C2)s1. The van der Waals surface area contributed by atoms with Crippen molar-refractivity contribution in [1.82, 2.24) is 15.5 Å². The predicted octanol–water partition coefficient (Wildman–Crippen LogP) is 3.02. The average Bonchev–Trinajstić information content (AvgIpc) is 2.86. The lowest BCUT2D eigenvalue weighted by Crippen LogP contribution is -2.54. The summed E-state index contributed by atoms with van der Waals surface area (Å²) in [6, 6.07) is 0.399. The lowest BCUT2D eigenvalue weighted by molar-refractivity contribution is 0.115. The largest absolute Gasteiger partial charge is 0.394 e. The normalized spacial score (nSPS) is 27.1. The quantitative estimate of drug-likeness (QED) is 0.781. The summed E-state index contributed by atoms with van der Waals surface area (Å²) in [6.45, 7) is 4.50. The van der Waals surface area contributed by atoms with Crippen LogP contribution in [0.25, 0.3) is 0 Å². The van der Waals surface area contributed by atoms with E-state index in [0.717, 1.165) is 27.9 Å². The highest BCUT2D eigenvalue weighted by molar-refractivity contribution is 8.03. The first-order chi connectivity index (χ1) is 9.57. The number of hydrogen-bond acceptors (Lipinski definition) is 7. The maximum Gasteiger partial charge on any atom is 0.175 e. The summed E-state index contributed by atoms with van der Waals surface area (Å²) in [5.41, 5.74) is -0.114. The van der Waals surface area contributed by atoms with E-state index in [1.807, 2.05) is 18.0 Å². The van der Waals surface area contributed by atoms with Gasteiger partial charge in [0.25, 0.3) is 0 Å². The number of rotatable bonds is 6. The van der Waals surface area contributed by atoms with Crippen LogP contribution in [0.15, 0.2) is 8.68 Å². The molecule has 1 aliphatic rings. The van der Waals surface area contributed by atoms with Crippen LogP contribution in [-0.2, 0) is 0 Å². The topological polar surface area (TPSA) is 58.0 Å². The van der Waals surface area contributed by atoms with Crippen LogP contribution < -0.4 is 5.32 Å². The molecule has 0 spiro atoms. The van der Waals surface area contributed by atoms with E-state index in [4.69, 9.17) is 0 Å². The Hall–Kier alpha value is 0.180. The highest BCUT2D eigenvalue weighted by atomic mass is 32.2. The van der Waals surface area contributed by atoms with Crippen molar-refractivity contribution in [3.05, 3.63) is 0 Å². The van der Waals surface area contributed by atoms with Gasteiger partial charge in [-0.3, -0.25) is 0 Å². The molecule has 20 heavy (non-hydrogen) atoms. The zero-order valence-corrected chi connectivity index (χ0v) is 14.7. The van der Waals surface area contributed by atoms with Crippen molar-refractivity contribution in [2.45, 2.75) is 65.0 Å². The molecule has 2 N–H and O–H groups in total. The fraction of sp³-hybridized carbons (Fsp3) is 0.846. The molecule has 7 heteroatoms. The van der Waals surface area contributed by atoms with Crippen LogP contribution in [0, 0.1) is 0 Å².